The molecule has 0 spiro atoms. The van der Waals surface area contributed by atoms with Gasteiger partial charge in [0.2, 0.25) is 0 Å². The molecule has 0 aromatic heterocycles. The Morgan fingerprint density at radius 1 is 1.89 bits per heavy atom. The molecule has 54 valence electrons. The highest BCUT2D eigenvalue weighted by Crippen LogP contribution is 2.14. The van der Waals surface area contributed by atoms with Gasteiger partial charge in [0.05, 0.1) is 0 Å². The van der Waals surface area contributed by atoms with Crippen LogP contribution in [0.1, 0.15) is 13.3 Å². The summed E-state index contributed by atoms with van der Waals surface area (Å²) in [7, 11) is 0. The summed E-state index contributed by atoms with van der Waals surface area (Å²) in [5, 5.41) is 7.38. The first-order valence-electron chi connectivity index (χ1n) is 2.77. The second-order valence-corrected chi connectivity index (χ2v) is 3.32. The SMILES string of the molecule is CCC(CCl)SC(=N)N. The smallest absolute Gasteiger partial charge is 0.151 e. The van der Waals surface area contributed by atoms with Gasteiger partial charge in [-0.25, -0.2) is 0 Å². The van der Waals surface area contributed by atoms with Crippen LogP contribution in [0, 0.1) is 5.41 Å². The number of halogens is 1. The minimum absolute atomic E-state index is 0.155. The van der Waals surface area contributed by atoms with E-state index in [1.54, 1.807) is 0 Å². The van der Waals surface area contributed by atoms with Crippen LogP contribution in [0.4, 0.5) is 0 Å². The van der Waals surface area contributed by atoms with Gasteiger partial charge in [0.25, 0.3) is 0 Å². The quantitative estimate of drug-likeness (QED) is 0.381. The summed E-state index contributed by atoms with van der Waals surface area (Å²) in [6.07, 6.45) is 0.966. The zero-order chi connectivity index (χ0) is 7.28. The van der Waals surface area contributed by atoms with Gasteiger partial charge in [0.1, 0.15) is 0 Å². The van der Waals surface area contributed by atoms with Gasteiger partial charge in [0.15, 0.2) is 5.17 Å². The Morgan fingerprint density at radius 2 is 2.44 bits per heavy atom. The monoisotopic (exact) mass is 166 g/mol. The van der Waals surface area contributed by atoms with Crippen LogP contribution in [0.15, 0.2) is 0 Å². The van der Waals surface area contributed by atoms with E-state index < -0.39 is 0 Å². The third-order valence-corrected chi connectivity index (χ3v) is 2.56. The molecule has 0 aliphatic heterocycles. The van der Waals surface area contributed by atoms with Gasteiger partial charge in [-0.2, -0.15) is 0 Å². The lowest BCUT2D eigenvalue weighted by molar-refractivity contribution is 0.917. The molecule has 0 aromatic rings. The van der Waals surface area contributed by atoms with Crippen molar-refractivity contribution in [3.63, 3.8) is 0 Å². The Hall–Kier alpha value is 0.110. The molecular weight excluding hydrogens is 156 g/mol. The van der Waals surface area contributed by atoms with Crippen molar-refractivity contribution in [2.24, 2.45) is 5.73 Å². The highest BCUT2D eigenvalue weighted by atomic mass is 35.5. The minimum atomic E-state index is 0.155. The summed E-state index contributed by atoms with van der Waals surface area (Å²) in [6, 6.07) is 0. The molecule has 0 saturated heterocycles. The normalized spacial score (nSPS) is 13.1. The number of nitrogens with two attached hydrogens (primary N) is 1. The Labute approximate surface area is 64.7 Å². The maximum atomic E-state index is 6.91. The summed E-state index contributed by atoms with van der Waals surface area (Å²) in [4.78, 5) is 0. The van der Waals surface area contributed by atoms with Crippen molar-refractivity contribution in [1.82, 2.24) is 0 Å². The molecule has 0 aliphatic rings. The number of nitrogens with one attached hydrogen (secondary N) is 1. The highest BCUT2D eigenvalue weighted by molar-refractivity contribution is 8.14. The van der Waals surface area contributed by atoms with E-state index >= 15 is 0 Å². The Morgan fingerprint density at radius 3 is 2.56 bits per heavy atom. The second kappa shape index (κ2) is 4.94. The molecule has 0 fully saturated rings. The fraction of sp³-hybridized carbons (Fsp3) is 0.800. The van der Waals surface area contributed by atoms with Crippen molar-refractivity contribution in [2.45, 2.75) is 18.6 Å². The number of rotatable bonds is 3. The van der Waals surface area contributed by atoms with E-state index in [1.165, 1.54) is 11.8 Å². The molecule has 9 heavy (non-hydrogen) atoms. The number of alkyl halides is 1. The second-order valence-electron chi connectivity index (χ2n) is 1.67. The molecule has 0 aliphatic carbocycles. The lowest BCUT2D eigenvalue weighted by Crippen LogP contribution is -2.12. The van der Waals surface area contributed by atoms with E-state index in [9.17, 15) is 0 Å². The van der Waals surface area contributed by atoms with Gasteiger partial charge in [0, 0.05) is 11.1 Å². The summed E-state index contributed by atoms with van der Waals surface area (Å²) >= 11 is 6.87. The van der Waals surface area contributed by atoms with Crippen LogP contribution in [-0.2, 0) is 0 Å². The number of amidine groups is 1. The van der Waals surface area contributed by atoms with Crippen molar-refractivity contribution < 1.29 is 0 Å². The summed E-state index contributed by atoms with van der Waals surface area (Å²) in [5.74, 6) is 0.570. The van der Waals surface area contributed by atoms with E-state index in [0.717, 1.165) is 6.42 Å². The zero-order valence-electron chi connectivity index (χ0n) is 5.36. The highest BCUT2D eigenvalue weighted by Gasteiger charge is 2.05. The predicted octanol–water partition coefficient (Wildman–Crippen LogP) is 1.63. The number of thioether (sulfide) groups is 1. The van der Waals surface area contributed by atoms with E-state index in [4.69, 9.17) is 22.7 Å². The number of hydrogen-bond acceptors (Lipinski definition) is 2. The first-order valence-corrected chi connectivity index (χ1v) is 4.18. The molecule has 0 saturated carbocycles. The lowest BCUT2D eigenvalue weighted by Gasteiger charge is -2.07. The number of hydrogen-bond donors (Lipinski definition) is 2. The van der Waals surface area contributed by atoms with E-state index in [1.807, 2.05) is 6.92 Å². The summed E-state index contributed by atoms with van der Waals surface area (Å²) < 4.78 is 0. The molecule has 4 heteroatoms. The molecule has 2 nitrogen and oxygen atoms in total. The van der Waals surface area contributed by atoms with E-state index in [-0.39, 0.29) is 5.17 Å². The van der Waals surface area contributed by atoms with Crippen molar-refractivity contribution in [3.8, 4) is 0 Å². The van der Waals surface area contributed by atoms with Gasteiger partial charge in [-0.3, -0.25) is 5.41 Å². The molecular formula is C5H11ClN2S. The van der Waals surface area contributed by atoms with Crippen LogP contribution in [-0.4, -0.2) is 16.3 Å². The molecule has 0 amide bonds. The Balaban J connectivity index is 3.43. The average molecular weight is 167 g/mol. The maximum absolute atomic E-state index is 6.91. The van der Waals surface area contributed by atoms with Gasteiger partial charge in [-0.05, 0) is 6.42 Å². The molecule has 1 unspecified atom stereocenters. The van der Waals surface area contributed by atoms with Gasteiger partial charge < -0.3 is 5.73 Å². The first-order chi connectivity index (χ1) is 4.20. The lowest BCUT2D eigenvalue weighted by atomic mass is 10.4. The van der Waals surface area contributed by atoms with Crippen LogP contribution >= 0.6 is 23.4 Å². The van der Waals surface area contributed by atoms with E-state index in [2.05, 4.69) is 0 Å². The van der Waals surface area contributed by atoms with Crippen LogP contribution in [0.25, 0.3) is 0 Å². The van der Waals surface area contributed by atoms with Crippen LogP contribution in [0.2, 0.25) is 0 Å². The summed E-state index contributed by atoms with van der Waals surface area (Å²) in [5.41, 5.74) is 5.13. The van der Waals surface area contributed by atoms with Crippen LogP contribution in [0.3, 0.4) is 0 Å². The molecule has 0 radical (unpaired) electrons. The maximum Gasteiger partial charge on any atom is 0.151 e. The third-order valence-electron chi connectivity index (χ3n) is 0.921. The van der Waals surface area contributed by atoms with Crippen molar-refractivity contribution >= 4 is 28.5 Å². The van der Waals surface area contributed by atoms with Crippen LogP contribution in [0.5, 0.6) is 0 Å². The standard InChI is InChI=1S/C5H11ClN2S/c1-2-4(3-6)9-5(7)8/h4H,2-3H2,1H3,(H3,7,8). The predicted molar refractivity (Wildman–Crippen MR) is 44.3 cm³/mol. The molecule has 0 bridgehead atoms. The average Bonchev–Trinajstić information content (AvgIpc) is 1.82. The molecule has 0 rings (SSSR count). The van der Waals surface area contributed by atoms with Gasteiger partial charge in [-0.15, -0.1) is 11.6 Å². The molecule has 0 aromatic carbocycles. The molecule has 0 heterocycles. The van der Waals surface area contributed by atoms with Crippen molar-refractivity contribution in [1.29, 1.82) is 5.41 Å². The van der Waals surface area contributed by atoms with Crippen LogP contribution < -0.4 is 5.73 Å². The van der Waals surface area contributed by atoms with E-state index in [0.29, 0.717) is 11.1 Å². The topological polar surface area (TPSA) is 49.9 Å². The first kappa shape index (κ1) is 9.11. The van der Waals surface area contributed by atoms with Crippen molar-refractivity contribution in [3.05, 3.63) is 0 Å². The summed E-state index contributed by atoms with van der Waals surface area (Å²) in [6.45, 7) is 2.03. The Bertz CT molecular complexity index is 93.0. The van der Waals surface area contributed by atoms with Gasteiger partial charge >= 0.3 is 0 Å². The van der Waals surface area contributed by atoms with Crippen molar-refractivity contribution in [2.75, 3.05) is 5.88 Å². The minimum Gasteiger partial charge on any atom is -0.379 e. The molecule has 1 atom stereocenters. The zero-order valence-corrected chi connectivity index (χ0v) is 6.93. The third kappa shape index (κ3) is 4.60. The molecule has 3 N–H and O–H groups in total. The largest absolute Gasteiger partial charge is 0.379 e. The Kier molecular flexibility index (Phi) is 5.00. The van der Waals surface area contributed by atoms with Gasteiger partial charge in [-0.1, -0.05) is 18.7 Å². The fourth-order valence-corrected chi connectivity index (χ4v) is 1.40. The fourth-order valence-electron chi connectivity index (χ4n) is 0.403.